The summed E-state index contributed by atoms with van der Waals surface area (Å²) in [5.74, 6) is 0.550. The molecular weight excluding hydrogens is 218 g/mol. The molecular formula is C11H11N5O. The van der Waals surface area contributed by atoms with Crippen LogP contribution in [0.2, 0.25) is 0 Å². The molecule has 0 aliphatic rings. The standard InChI is InChI=1S/C11H11N5O/c1-8(2)16-7-10(6-14-16)17-11-13-4-3-9(5-12)15-11/h3-4,6-8H,1-2H3. The van der Waals surface area contributed by atoms with Crippen molar-refractivity contribution in [2.45, 2.75) is 19.9 Å². The van der Waals surface area contributed by atoms with E-state index in [4.69, 9.17) is 10.00 Å². The van der Waals surface area contributed by atoms with Crippen molar-refractivity contribution < 1.29 is 4.74 Å². The van der Waals surface area contributed by atoms with Gasteiger partial charge in [0.05, 0.1) is 12.4 Å². The number of aromatic nitrogens is 4. The molecule has 0 fully saturated rings. The van der Waals surface area contributed by atoms with Gasteiger partial charge in [-0.1, -0.05) is 0 Å². The number of nitrogens with zero attached hydrogens (tertiary/aromatic N) is 5. The van der Waals surface area contributed by atoms with Crippen molar-refractivity contribution in [2.24, 2.45) is 0 Å². The SMILES string of the molecule is CC(C)n1cc(Oc2nccc(C#N)n2)cn1. The molecule has 0 bridgehead atoms. The minimum atomic E-state index is 0.146. The van der Waals surface area contributed by atoms with E-state index >= 15 is 0 Å². The lowest BCUT2D eigenvalue weighted by Gasteiger charge is -2.03. The van der Waals surface area contributed by atoms with Gasteiger partial charge in [0.15, 0.2) is 5.75 Å². The van der Waals surface area contributed by atoms with Gasteiger partial charge in [-0.05, 0) is 19.9 Å². The fourth-order valence-corrected chi connectivity index (χ4v) is 1.21. The zero-order valence-corrected chi connectivity index (χ0v) is 9.53. The Balaban J connectivity index is 2.17. The summed E-state index contributed by atoms with van der Waals surface area (Å²) in [5, 5.41) is 12.8. The Bertz CT molecular complexity index is 555. The fraction of sp³-hybridized carbons (Fsp3) is 0.273. The highest BCUT2D eigenvalue weighted by Gasteiger charge is 2.06. The van der Waals surface area contributed by atoms with Crippen molar-refractivity contribution in [1.29, 1.82) is 5.26 Å². The van der Waals surface area contributed by atoms with Crippen molar-refractivity contribution in [3.8, 4) is 17.8 Å². The average molecular weight is 229 g/mol. The summed E-state index contributed by atoms with van der Waals surface area (Å²) in [7, 11) is 0. The van der Waals surface area contributed by atoms with Gasteiger partial charge in [-0.2, -0.15) is 15.3 Å². The summed E-state index contributed by atoms with van der Waals surface area (Å²) in [6, 6.07) is 3.85. The predicted octanol–water partition coefficient (Wildman–Crippen LogP) is 1.92. The van der Waals surface area contributed by atoms with Crippen LogP contribution in [0.15, 0.2) is 24.7 Å². The second-order valence-corrected chi connectivity index (χ2v) is 3.69. The highest BCUT2D eigenvalue weighted by molar-refractivity contribution is 5.22. The van der Waals surface area contributed by atoms with Crippen LogP contribution in [0.3, 0.4) is 0 Å². The first-order valence-electron chi connectivity index (χ1n) is 5.14. The van der Waals surface area contributed by atoms with Crippen molar-refractivity contribution in [1.82, 2.24) is 19.7 Å². The van der Waals surface area contributed by atoms with E-state index in [9.17, 15) is 0 Å². The van der Waals surface area contributed by atoms with E-state index < -0.39 is 0 Å². The molecule has 2 heterocycles. The monoisotopic (exact) mass is 229 g/mol. The van der Waals surface area contributed by atoms with Crippen LogP contribution in [-0.2, 0) is 0 Å². The van der Waals surface area contributed by atoms with E-state index in [-0.39, 0.29) is 17.7 Å². The van der Waals surface area contributed by atoms with Crippen LogP contribution in [0.4, 0.5) is 0 Å². The van der Waals surface area contributed by atoms with Crippen LogP contribution in [0.5, 0.6) is 11.8 Å². The van der Waals surface area contributed by atoms with Crippen molar-refractivity contribution in [3.63, 3.8) is 0 Å². The third-order valence-electron chi connectivity index (χ3n) is 2.06. The Hall–Kier alpha value is -2.42. The summed E-state index contributed by atoms with van der Waals surface area (Å²) in [4.78, 5) is 7.82. The van der Waals surface area contributed by atoms with Gasteiger partial charge in [-0.25, -0.2) is 4.98 Å². The van der Waals surface area contributed by atoms with Gasteiger partial charge < -0.3 is 4.74 Å². The third-order valence-corrected chi connectivity index (χ3v) is 2.06. The van der Waals surface area contributed by atoms with Crippen LogP contribution in [0, 0.1) is 11.3 Å². The lowest BCUT2D eigenvalue weighted by Crippen LogP contribution is -1.99. The molecule has 0 saturated heterocycles. The minimum absolute atomic E-state index is 0.146. The molecule has 0 amide bonds. The first-order valence-corrected chi connectivity index (χ1v) is 5.14. The predicted molar refractivity (Wildman–Crippen MR) is 59.4 cm³/mol. The number of rotatable bonds is 3. The van der Waals surface area contributed by atoms with Crippen LogP contribution in [-0.4, -0.2) is 19.7 Å². The van der Waals surface area contributed by atoms with Crippen LogP contribution < -0.4 is 4.74 Å². The fourth-order valence-electron chi connectivity index (χ4n) is 1.21. The highest BCUT2D eigenvalue weighted by Crippen LogP contribution is 2.18. The molecule has 0 unspecified atom stereocenters. The van der Waals surface area contributed by atoms with E-state index in [1.165, 1.54) is 12.3 Å². The Morgan fingerprint density at radius 3 is 2.94 bits per heavy atom. The highest BCUT2D eigenvalue weighted by atomic mass is 16.5. The zero-order valence-electron chi connectivity index (χ0n) is 9.53. The van der Waals surface area contributed by atoms with Gasteiger partial charge in [-0.15, -0.1) is 0 Å². The van der Waals surface area contributed by atoms with Crippen LogP contribution >= 0.6 is 0 Å². The summed E-state index contributed by atoms with van der Waals surface area (Å²) < 4.78 is 7.16. The van der Waals surface area contributed by atoms with Gasteiger partial charge in [-0.3, -0.25) is 4.68 Å². The number of ether oxygens (including phenoxy) is 1. The Kier molecular flexibility index (Phi) is 3.01. The number of hydrogen-bond acceptors (Lipinski definition) is 5. The molecule has 2 aromatic heterocycles. The lowest BCUT2D eigenvalue weighted by molar-refractivity contribution is 0.438. The van der Waals surface area contributed by atoms with Crippen LogP contribution in [0.25, 0.3) is 0 Å². The topological polar surface area (TPSA) is 76.6 Å². The summed E-state index contributed by atoms with van der Waals surface area (Å²) in [6.45, 7) is 4.03. The molecule has 86 valence electrons. The van der Waals surface area contributed by atoms with Crippen molar-refractivity contribution in [2.75, 3.05) is 0 Å². The van der Waals surface area contributed by atoms with Gasteiger partial charge >= 0.3 is 6.01 Å². The Morgan fingerprint density at radius 2 is 2.29 bits per heavy atom. The maximum absolute atomic E-state index is 8.69. The molecule has 0 aliphatic heterocycles. The molecule has 0 radical (unpaired) electrons. The smallest absolute Gasteiger partial charge is 0.323 e. The Morgan fingerprint density at radius 1 is 1.47 bits per heavy atom. The summed E-state index contributed by atoms with van der Waals surface area (Å²) in [6.07, 6.45) is 4.82. The quantitative estimate of drug-likeness (QED) is 0.803. The van der Waals surface area contributed by atoms with Crippen molar-refractivity contribution in [3.05, 3.63) is 30.4 Å². The molecule has 6 nitrogen and oxygen atoms in total. The number of nitriles is 1. The molecule has 0 N–H and O–H groups in total. The average Bonchev–Trinajstić information content (AvgIpc) is 2.78. The normalized spacial score (nSPS) is 10.2. The van der Waals surface area contributed by atoms with E-state index in [1.807, 2.05) is 19.9 Å². The Labute approximate surface area is 98.5 Å². The lowest BCUT2D eigenvalue weighted by atomic mass is 10.4. The van der Waals surface area contributed by atoms with Gasteiger partial charge in [0.2, 0.25) is 0 Å². The molecule has 2 aromatic rings. The zero-order chi connectivity index (χ0) is 12.3. The molecule has 17 heavy (non-hydrogen) atoms. The van der Waals surface area contributed by atoms with Gasteiger partial charge in [0, 0.05) is 12.2 Å². The second kappa shape index (κ2) is 4.61. The first kappa shape index (κ1) is 11.1. The molecule has 0 atom stereocenters. The molecule has 0 aromatic carbocycles. The van der Waals surface area contributed by atoms with E-state index in [0.717, 1.165) is 0 Å². The summed E-state index contributed by atoms with van der Waals surface area (Å²) >= 11 is 0. The molecule has 0 saturated carbocycles. The maximum atomic E-state index is 8.69. The maximum Gasteiger partial charge on any atom is 0.323 e. The summed E-state index contributed by atoms with van der Waals surface area (Å²) in [5.41, 5.74) is 0.270. The van der Waals surface area contributed by atoms with Gasteiger partial charge in [0.1, 0.15) is 11.8 Å². The first-order chi connectivity index (χ1) is 8.19. The third kappa shape index (κ3) is 2.58. The van der Waals surface area contributed by atoms with E-state index in [2.05, 4.69) is 15.1 Å². The number of hydrogen-bond donors (Lipinski definition) is 0. The molecule has 2 rings (SSSR count). The van der Waals surface area contributed by atoms with Gasteiger partial charge in [0.25, 0.3) is 0 Å². The second-order valence-electron chi connectivity index (χ2n) is 3.69. The molecule has 0 spiro atoms. The molecule has 6 heteroatoms. The molecule has 0 aliphatic carbocycles. The minimum Gasteiger partial charge on any atom is -0.421 e. The largest absolute Gasteiger partial charge is 0.421 e. The van der Waals surface area contributed by atoms with E-state index in [1.54, 1.807) is 17.1 Å². The van der Waals surface area contributed by atoms with E-state index in [0.29, 0.717) is 5.75 Å². The van der Waals surface area contributed by atoms with Crippen molar-refractivity contribution >= 4 is 0 Å². The van der Waals surface area contributed by atoms with Crippen LogP contribution in [0.1, 0.15) is 25.6 Å².